The lowest BCUT2D eigenvalue weighted by molar-refractivity contribution is -0.122. The van der Waals surface area contributed by atoms with Crippen LogP contribution in [0.25, 0.3) is 0 Å². The number of nitrogens with zero attached hydrogens (tertiary/aromatic N) is 3. The summed E-state index contributed by atoms with van der Waals surface area (Å²) >= 11 is 0. The molecule has 1 aromatic rings. The molecule has 0 unspecified atom stereocenters. The van der Waals surface area contributed by atoms with E-state index < -0.39 is 5.91 Å². The summed E-state index contributed by atoms with van der Waals surface area (Å²) in [5.74, 6) is -0.917. The van der Waals surface area contributed by atoms with E-state index in [1.54, 1.807) is 0 Å². The van der Waals surface area contributed by atoms with Crippen molar-refractivity contribution in [2.45, 2.75) is 50.7 Å². The van der Waals surface area contributed by atoms with E-state index in [0.717, 1.165) is 25.7 Å². The van der Waals surface area contributed by atoms with Gasteiger partial charge in [-0.25, -0.2) is 4.68 Å². The van der Waals surface area contributed by atoms with Gasteiger partial charge in [0.25, 0.3) is 5.91 Å². The molecular formula is C14H23N7O3. The molecule has 10 heteroatoms. The summed E-state index contributed by atoms with van der Waals surface area (Å²) in [6.07, 6.45) is 4.87. The van der Waals surface area contributed by atoms with E-state index in [4.69, 9.17) is 11.5 Å². The van der Waals surface area contributed by atoms with E-state index in [2.05, 4.69) is 20.9 Å². The van der Waals surface area contributed by atoms with E-state index in [1.165, 1.54) is 10.9 Å². The van der Waals surface area contributed by atoms with Gasteiger partial charge in [0.2, 0.25) is 11.8 Å². The first-order valence-electron chi connectivity index (χ1n) is 7.96. The molecule has 1 aliphatic rings. The van der Waals surface area contributed by atoms with Crippen molar-refractivity contribution >= 4 is 17.7 Å². The van der Waals surface area contributed by atoms with Crippen LogP contribution in [0.2, 0.25) is 0 Å². The van der Waals surface area contributed by atoms with Crippen molar-refractivity contribution < 1.29 is 14.4 Å². The maximum absolute atomic E-state index is 12.1. The van der Waals surface area contributed by atoms with E-state index >= 15 is 0 Å². The van der Waals surface area contributed by atoms with Crippen molar-refractivity contribution in [3.63, 3.8) is 0 Å². The van der Waals surface area contributed by atoms with Crippen LogP contribution in [0.1, 0.15) is 42.6 Å². The normalized spacial score (nSPS) is 20.4. The minimum Gasteiger partial charge on any atom is -0.368 e. The van der Waals surface area contributed by atoms with Crippen molar-refractivity contribution in [2.75, 3.05) is 6.54 Å². The van der Waals surface area contributed by atoms with Crippen molar-refractivity contribution in [3.05, 3.63) is 11.9 Å². The molecule has 0 radical (unpaired) electrons. The van der Waals surface area contributed by atoms with Crippen LogP contribution >= 0.6 is 0 Å². The maximum atomic E-state index is 12.1. The molecule has 132 valence electrons. The lowest BCUT2D eigenvalue weighted by Crippen LogP contribution is -2.44. The zero-order valence-electron chi connectivity index (χ0n) is 13.4. The molecule has 1 aliphatic carbocycles. The number of hydrogen-bond donors (Lipinski definition) is 4. The van der Waals surface area contributed by atoms with Crippen LogP contribution in [0.5, 0.6) is 0 Å². The number of hydrogen-bond acceptors (Lipinski definition) is 6. The molecule has 1 saturated carbocycles. The Kier molecular flexibility index (Phi) is 6.24. The van der Waals surface area contributed by atoms with Gasteiger partial charge in [-0.3, -0.25) is 14.4 Å². The van der Waals surface area contributed by atoms with Gasteiger partial charge in [-0.2, -0.15) is 0 Å². The zero-order valence-corrected chi connectivity index (χ0v) is 13.4. The van der Waals surface area contributed by atoms with Crippen molar-refractivity contribution in [1.82, 2.24) is 25.6 Å². The Hall–Kier alpha value is -2.49. The molecule has 6 N–H and O–H groups in total. The molecule has 0 spiro atoms. The fourth-order valence-electron chi connectivity index (χ4n) is 2.71. The number of nitrogens with one attached hydrogen (secondary N) is 2. The Labute approximate surface area is 139 Å². The number of amides is 3. The quantitative estimate of drug-likeness (QED) is 0.463. The maximum Gasteiger partial charge on any atom is 0.273 e. The van der Waals surface area contributed by atoms with Gasteiger partial charge < -0.3 is 22.1 Å². The van der Waals surface area contributed by atoms with Gasteiger partial charge in [0.1, 0.15) is 6.54 Å². The Balaban J connectivity index is 1.77. The second-order valence-electron chi connectivity index (χ2n) is 5.90. The van der Waals surface area contributed by atoms with Crippen molar-refractivity contribution in [1.29, 1.82) is 0 Å². The summed E-state index contributed by atoms with van der Waals surface area (Å²) < 4.78 is 1.22. The largest absolute Gasteiger partial charge is 0.368 e. The first kappa shape index (κ1) is 17.9. The van der Waals surface area contributed by atoms with E-state index in [-0.39, 0.29) is 36.1 Å². The van der Waals surface area contributed by atoms with Crippen molar-refractivity contribution in [2.24, 2.45) is 11.5 Å². The van der Waals surface area contributed by atoms with Gasteiger partial charge >= 0.3 is 0 Å². The second kappa shape index (κ2) is 8.39. The van der Waals surface area contributed by atoms with Crippen LogP contribution in [0.3, 0.4) is 0 Å². The van der Waals surface area contributed by atoms with E-state index in [9.17, 15) is 14.4 Å². The van der Waals surface area contributed by atoms with Gasteiger partial charge in [0.05, 0.1) is 6.20 Å². The average molecular weight is 337 g/mol. The average Bonchev–Trinajstić information content (AvgIpc) is 2.97. The summed E-state index contributed by atoms with van der Waals surface area (Å²) in [6.45, 7) is 0.224. The van der Waals surface area contributed by atoms with Gasteiger partial charge in [0.15, 0.2) is 5.69 Å². The van der Waals surface area contributed by atoms with Crippen LogP contribution in [0, 0.1) is 0 Å². The molecule has 10 nitrogen and oxygen atoms in total. The number of primary amides is 1. The molecule has 24 heavy (non-hydrogen) atoms. The van der Waals surface area contributed by atoms with Crippen LogP contribution in [-0.2, 0) is 16.1 Å². The van der Waals surface area contributed by atoms with Crippen molar-refractivity contribution in [3.8, 4) is 0 Å². The summed E-state index contributed by atoms with van der Waals surface area (Å²) in [4.78, 5) is 34.5. The van der Waals surface area contributed by atoms with Gasteiger partial charge in [-0.05, 0) is 25.7 Å². The Morgan fingerprint density at radius 1 is 1.17 bits per heavy atom. The third-order valence-electron chi connectivity index (χ3n) is 3.89. The Bertz CT molecular complexity index is 593. The number of carbonyl (C=O) groups excluding carboxylic acids is 3. The summed E-state index contributed by atoms with van der Waals surface area (Å²) in [6, 6.07) is 0.162. The lowest BCUT2D eigenvalue weighted by atomic mass is 9.91. The predicted octanol–water partition coefficient (Wildman–Crippen LogP) is -1.73. The molecule has 3 amide bonds. The fourth-order valence-corrected chi connectivity index (χ4v) is 2.71. The first-order valence-corrected chi connectivity index (χ1v) is 7.96. The number of carbonyl (C=O) groups is 3. The summed E-state index contributed by atoms with van der Waals surface area (Å²) in [5.41, 5.74) is 10.6. The summed E-state index contributed by atoms with van der Waals surface area (Å²) in [5, 5.41) is 13.3. The van der Waals surface area contributed by atoms with Crippen LogP contribution in [-0.4, -0.2) is 51.3 Å². The molecule has 1 fully saturated rings. The molecule has 0 atom stereocenters. The minimum atomic E-state index is -0.554. The standard InChI is InChI=1S/C14H23N7O3/c15-6-5-13(23)17-9-1-3-10(4-2-9)18-14(24)11-7-21(20-19-11)8-12(16)22/h7,9-10H,1-6,8,15H2,(H2,16,22)(H,17,23)(H,18,24)/t9-,10-. The summed E-state index contributed by atoms with van der Waals surface area (Å²) in [7, 11) is 0. The molecular weight excluding hydrogens is 314 g/mol. The highest BCUT2D eigenvalue weighted by Gasteiger charge is 2.24. The minimum absolute atomic E-state index is 0.0291. The van der Waals surface area contributed by atoms with E-state index in [1.807, 2.05) is 0 Å². The van der Waals surface area contributed by atoms with Crippen LogP contribution in [0.15, 0.2) is 6.20 Å². The topological polar surface area (TPSA) is 158 Å². The lowest BCUT2D eigenvalue weighted by Gasteiger charge is -2.29. The van der Waals surface area contributed by atoms with Gasteiger partial charge in [0, 0.05) is 25.0 Å². The highest BCUT2D eigenvalue weighted by Crippen LogP contribution is 2.19. The number of nitrogens with two attached hydrogens (primary N) is 2. The number of rotatable bonds is 7. The SMILES string of the molecule is NCCC(=O)N[C@H]1CC[C@H](NC(=O)c2cn(CC(N)=O)nn2)CC1. The zero-order chi connectivity index (χ0) is 17.5. The second-order valence-corrected chi connectivity index (χ2v) is 5.90. The molecule has 0 saturated heterocycles. The van der Waals surface area contributed by atoms with Gasteiger partial charge in [-0.1, -0.05) is 5.21 Å². The van der Waals surface area contributed by atoms with E-state index in [0.29, 0.717) is 13.0 Å². The molecule has 1 heterocycles. The predicted molar refractivity (Wildman–Crippen MR) is 84.5 cm³/mol. The molecule has 0 bridgehead atoms. The monoisotopic (exact) mass is 337 g/mol. The number of aromatic nitrogens is 3. The van der Waals surface area contributed by atoms with Crippen LogP contribution < -0.4 is 22.1 Å². The third kappa shape index (κ3) is 5.30. The smallest absolute Gasteiger partial charge is 0.273 e. The van der Waals surface area contributed by atoms with Crippen LogP contribution in [0.4, 0.5) is 0 Å². The highest BCUT2D eigenvalue weighted by atomic mass is 16.2. The molecule has 0 aliphatic heterocycles. The molecule has 0 aromatic carbocycles. The van der Waals surface area contributed by atoms with Gasteiger partial charge in [-0.15, -0.1) is 5.10 Å². The molecule has 2 rings (SSSR count). The fraction of sp³-hybridized carbons (Fsp3) is 0.643. The first-order chi connectivity index (χ1) is 11.5. The highest BCUT2D eigenvalue weighted by molar-refractivity contribution is 5.92. The Morgan fingerprint density at radius 2 is 1.79 bits per heavy atom. The molecule has 1 aromatic heterocycles. The Morgan fingerprint density at radius 3 is 2.38 bits per heavy atom. The third-order valence-corrected chi connectivity index (χ3v) is 3.89.